The molecule has 4 atom stereocenters. The summed E-state index contributed by atoms with van der Waals surface area (Å²) in [5, 5.41) is 0. The van der Waals surface area contributed by atoms with Crippen molar-refractivity contribution in [3.8, 4) is 28.7 Å². The Bertz CT molecular complexity index is 1380. The Hall–Kier alpha value is -4.47. The van der Waals surface area contributed by atoms with Gasteiger partial charge in [-0.1, -0.05) is 0 Å². The van der Waals surface area contributed by atoms with E-state index in [2.05, 4.69) is 4.98 Å². The largest absolute Gasteiger partial charge is 0.493 e. The van der Waals surface area contributed by atoms with Crippen LogP contribution in [0.4, 0.5) is 0 Å². The van der Waals surface area contributed by atoms with Crippen LogP contribution in [0.25, 0.3) is 0 Å². The Morgan fingerprint density at radius 2 is 1.55 bits per heavy atom. The van der Waals surface area contributed by atoms with Gasteiger partial charge in [0.2, 0.25) is 12.5 Å². The highest BCUT2D eigenvalue weighted by atomic mass is 16.7. The van der Waals surface area contributed by atoms with Crippen LogP contribution in [0.5, 0.6) is 28.7 Å². The first-order chi connectivity index (χ1) is 18.5. The first-order valence-corrected chi connectivity index (χ1v) is 12.0. The van der Waals surface area contributed by atoms with E-state index < -0.39 is 29.8 Å². The van der Waals surface area contributed by atoms with Crippen molar-refractivity contribution in [2.75, 3.05) is 34.7 Å². The van der Waals surface area contributed by atoms with E-state index in [1.54, 1.807) is 12.1 Å². The number of ether oxygens (including phenoxy) is 7. The number of hydrogen-bond acceptors (Lipinski definition) is 10. The number of rotatable bonds is 6. The van der Waals surface area contributed by atoms with E-state index in [1.165, 1.54) is 33.7 Å². The predicted molar refractivity (Wildman–Crippen MR) is 131 cm³/mol. The number of esters is 2. The second kappa shape index (κ2) is 9.44. The first kappa shape index (κ1) is 23.9. The minimum atomic E-state index is -0.755. The number of aromatic nitrogens is 1. The van der Waals surface area contributed by atoms with Crippen LogP contribution >= 0.6 is 0 Å². The molecule has 0 saturated carbocycles. The minimum absolute atomic E-state index is 0.0729. The van der Waals surface area contributed by atoms with Crippen molar-refractivity contribution in [1.29, 1.82) is 0 Å². The molecule has 2 aliphatic heterocycles. The lowest BCUT2D eigenvalue weighted by atomic mass is 9.66. The number of methoxy groups -OCH3 is 3. The molecule has 3 aromatic rings. The van der Waals surface area contributed by atoms with Crippen molar-refractivity contribution in [1.82, 2.24) is 4.98 Å². The molecule has 10 heteroatoms. The fourth-order valence-electron chi connectivity index (χ4n) is 5.62. The van der Waals surface area contributed by atoms with Gasteiger partial charge in [-0.2, -0.15) is 0 Å². The van der Waals surface area contributed by atoms with Crippen molar-refractivity contribution in [2.45, 2.75) is 12.0 Å². The van der Waals surface area contributed by atoms with Gasteiger partial charge >= 0.3 is 11.9 Å². The van der Waals surface area contributed by atoms with Crippen molar-refractivity contribution in [3.05, 3.63) is 71.0 Å². The van der Waals surface area contributed by atoms with Gasteiger partial charge in [0.1, 0.15) is 6.10 Å². The second-order valence-electron chi connectivity index (χ2n) is 9.15. The van der Waals surface area contributed by atoms with E-state index in [0.717, 1.165) is 16.7 Å². The van der Waals surface area contributed by atoms with Crippen molar-refractivity contribution in [3.63, 3.8) is 0 Å². The van der Waals surface area contributed by atoms with E-state index in [1.807, 2.05) is 24.3 Å². The Morgan fingerprint density at radius 3 is 2.18 bits per heavy atom. The van der Waals surface area contributed by atoms with E-state index >= 15 is 0 Å². The number of fused-ring (bicyclic) bond motifs is 3. The molecule has 2 aromatic carbocycles. The van der Waals surface area contributed by atoms with E-state index in [9.17, 15) is 9.59 Å². The summed E-state index contributed by atoms with van der Waals surface area (Å²) in [6, 6.07) is 10.5. The molecule has 38 heavy (non-hydrogen) atoms. The van der Waals surface area contributed by atoms with Gasteiger partial charge in [0, 0.05) is 29.8 Å². The van der Waals surface area contributed by atoms with E-state index in [4.69, 9.17) is 33.2 Å². The summed E-state index contributed by atoms with van der Waals surface area (Å²) in [5.41, 5.74) is 2.59. The normalized spacial score (nSPS) is 22.7. The summed E-state index contributed by atoms with van der Waals surface area (Å²) in [7, 11) is 4.60. The molecule has 1 saturated heterocycles. The van der Waals surface area contributed by atoms with Crippen LogP contribution in [-0.2, 0) is 14.3 Å². The van der Waals surface area contributed by atoms with Gasteiger partial charge in [-0.15, -0.1) is 0 Å². The van der Waals surface area contributed by atoms with Crippen LogP contribution in [0.2, 0.25) is 0 Å². The summed E-state index contributed by atoms with van der Waals surface area (Å²) in [6.45, 7) is 0.177. The Balaban J connectivity index is 1.53. The number of carbonyl (C=O) groups excluding carboxylic acids is 2. The molecule has 196 valence electrons. The van der Waals surface area contributed by atoms with Gasteiger partial charge in [0.05, 0.1) is 39.4 Å². The standard InChI is InChI=1S/C28H25NO9/c1-32-21-8-15(9-22(33-2)26(21)34-3)23-16-10-19-20(37-13-36-19)11-17(16)25(18-12-35-28(31)24(18)23)38-27(30)14-4-6-29-7-5-14/h4-11,18,23-25H,12-13H2,1-3H3/t18-,23+,24-,25+/m0/s1. The molecular weight excluding hydrogens is 494 g/mol. The average molecular weight is 520 g/mol. The zero-order valence-electron chi connectivity index (χ0n) is 21.0. The highest BCUT2D eigenvalue weighted by Crippen LogP contribution is 2.56. The maximum absolute atomic E-state index is 13.3. The maximum atomic E-state index is 13.3. The summed E-state index contributed by atoms with van der Waals surface area (Å²) in [6.07, 6.45) is 2.29. The molecule has 3 aliphatic rings. The third kappa shape index (κ3) is 3.75. The third-order valence-corrected chi connectivity index (χ3v) is 7.32. The Morgan fingerprint density at radius 1 is 0.895 bits per heavy atom. The third-order valence-electron chi connectivity index (χ3n) is 7.32. The number of hydrogen-bond donors (Lipinski definition) is 0. The average Bonchev–Trinajstić information content (AvgIpc) is 3.57. The van der Waals surface area contributed by atoms with E-state index in [0.29, 0.717) is 34.3 Å². The molecule has 0 bridgehead atoms. The van der Waals surface area contributed by atoms with Gasteiger partial charge in [-0.05, 0) is 47.5 Å². The molecule has 0 unspecified atom stereocenters. The van der Waals surface area contributed by atoms with Gasteiger partial charge in [0.15, 0.2) is 23.0 Å². The molecule has 10 nitrogen and oxygen atoms in total. The molecule has 0 radical (unpaired) electrons. The number of pyridine rings is 1. The van der Waals surface area contributed by atoms with Crippen LogP contribution < -0.4 is 23.7 Å². The SMILES string of the molecule is COc1cc([C@@H]2c3cc4c(cc3[C@@H](OC(=O)c3ccncc3)[C@H]3COC(=O)[C@H]23)OCO4)cc(OC)c1OC. The summed E-state index contributed by atoms with van der Waals surface area (Å²) >= 11 is 0. The summed E-state index contributed by atoms with van der Waals surface area (Å²) in [5.74, 6) is 0.000611. The zero-order valence-corrected chi connectivity index (χ0v) is 21.0. The monoisotopic (exact) mass is 519 g/mol. The molecule has 6 rings (SSSR count). The van der Waals surface area contributed by atoms with Crippen LogP contribution in [0, 0.1) is 11.8 Å². The number of benzene rings is 2. The van der Waals surface area contributed by atoms with Gasteiger partial charge < -0.3 is 33.2 Å². The highest BCUT2D eigenvalue weighted by Gasteiger charge is 2.54. The lowest BCUT2D eigenvalue weighted by molar-refractivity contribution is -0.141. The fourth-order valence-corrected chi connectivity index (χ4v) is 5.62. The minimum Gasteiger partial charge on any atom is -0.493 e. The molecule has 3 heterocycles. The van der Waals surface area contributed by atoms with Crippen LogP contribution in [0.15, 0.2) is 48.8 Å². The quantitative estimate of drug-likeness (QED) is 0.447. The van der Waals surface area contributed by atoms with Crippen LogP contribution in [0.1, 0.15) is 39.1 Å². The lowest BCUT2D eigenvalue weighted by Crippen LogP contribution is -2.36. The molecule has 0 amide bonds. The number of carbonyl (C=O) groups is 2. The van der Waals surface area contributed by atoms with Gasteiger partial charge in [0.25, 0.3) is 0 Å². The molecule has 0 spiro atoms. The van der Waals surface area contributed by atoms with Gasteiger partial charge in [-0.25, -0.2) is 4.79 Å². The maximum Gasteiger partial charge on any atom is 0.338 e. The molecular formula is C28H25NO9. The second-order valence-corrected chi connectivity index (χ2v) is 9.15. The van der Waals surface area contributed by atoms with Crippen molar-refractivity contribution >= 4 is 11.9 Å². The van der Waals surface area contributed by atoms with Crippen molar-refractivity contribution in [2.24, 2.45) is 11.8 Å². The fraction of sp³-hybridized carbons (Fsp3) is 0.321. The number of nitrogens with zero attached hydrogens (tertiary/aromatic N) is 1. The van der Waals surface area contributed by atoms with Crippen LogP contribution in [0.3, 0.4) is 0 Å². The zero-order chi connectivity index (χ0) is 26.4. The summed E-state index contributed by atoms with van der Waals surface area (Å²) < 4.78 is 39.7. The molecule has 1 aliphatic carbocycles. The molecule has 0 N–H and O–H groups in total. The van der Waals surface area contributed by atoms with E-state index in [-0.39, 0.29) is 19.4 Å². The first-order valence-electron chi connectivity index (χ1n) is 12.0. The topological polar surface area (TPSA) is 112 Å². The highest BCUT2D eigenvalue weighted by molar-refractivity contribution is 5.89. The lowest BCUT2D eigenvalue weighted by Gasteiger charge is -2.38. The summed E-state index contributed by atoms with van der Waals surface area (Å²) in [4.78, 5) is 30.4. The number of cyclic esters (lactones) is 1. The molecule has 1 aromatic heterocycles. The predicted octanol–water partition coefficient (Wildman–Crippen LogP) is 3.67. The Kier molecular flexibility index (Phi) is 5.94. The smallest absolute Gasteiger partial charge is 0.338 e. The Labute approximate surface area is 218 Å². The van der Waals surface area contributed by atoms with Crippen molar-refractivity contribution < 1.29 is 42.7 Å². The van der Waals surface area contributed by atoms with Gasteiger partial charge in [-0.3, -0.25) is 9.78 Å². The van der Waals surface area contributed by atoms with Crippen LogP contribution in [-0.4, -0.2) is 51.7 Å². The molecule has 1 fully saturated rings.